The van der Waals surface area contributed by atoms with E-state index in [4.69, 9.17) is 5.14 Å². The van der Waals surface area contributed by atoms with Crippen molar-refractivity contribution in [1.29, 1.82) is 0 Å². The molecule has 0 unspecified atom stereocenters. The summed E-state index contributed by atoms with van der Waals surface area (Å²) in [5.74, 6) is 0.0584. The maximum absolute atomic E-state index is 11.4. The van der Waals surface area contributed by atoms with Crippen molar-refractivity contribution in [1.82, 2.24) is 9.78 Å². The van der Waals surface area contributed by atoms with E-state index in [9.17, 15) is 16.8 Å². The third kappa shape index (κ3) is 4.44. The Morgan fingerprint density at radius 3 is 2.41 bits per heavy atom. The molecule has 1 aromatic rings. The molecule has 17 heavy (non-hydrogen) atoms. The molecule has 0 aliphatic heterocycles. The molecule has 1 aromatic heterocycles. The van der Waals surface area contributed by atoms with Gasteiger partial charge >= 0.3 is 0 Å². The molecule has 0 fully saturated rings. The summed E-state index contributed by atoms with van der Waals surface area (Å²) < 4.78 is 46.0. The van der Waals surface area contributed by atoms with Crippen molar-refractivity contribution in [3.05, 3.63) is 12.4 Å². The molecule has 0 radical (unpaired) electrons. The number of aromatic nitrogens is 2. The smallest absolute Gasteiger partial charge is 0.241 e. The molecular weight excluding hydrogens is 266 g/mol. The predicted octanol–water partition coefficient (Wildman–Crippen LogP) is -0.645. The van der Waals surface area contributed by atoms with E-state index in [0.717, 1.165) is 6.20 Å². The van der Waals surface area contributed by atoms with E-state index in [1.807, 2.05) is 0 Å². The van der Waals surface area contributed by atoms with Crippen LogP contribution in [0.15, 0.2) is 17.3 Å². The second-order valence-electron chi connectivity index (χ2n) is 3.64. The molecular formula is C8H15N3O4S2. The van der Waals surface area contributed by atoms with Crippen molar-refractivity contribution in [2.45, 2.75) is 24.8 Å². The van der Waals surface area contributed by atoms with Gasteiger partial charge in [-0.05, 0) is 6.42 Å². The zero-order chi connectivity index (χ0) is 13.1. The van der Waals surface area contributed by atoms with Crippen molar-refractivity contribution < 1.29 is 16.8 Å². The summed E-state index contributed by atoms with van der Waals surface area (Å²) in [7, 11) is -6.88. The lowest BCUT2D eigenvalue weighted by Gasteiger charge is -2.02. The summed E-state index contributed by atoms with van der Waals surface area (Å²) >= 11 is 0. The van der Waals surface area contributed by atoms with Crippen LogP contribution in [0.1, 0.15) is 13.3 Å². The normalized spacial score (nSPS) is 12.8. The average Bonchev–Trinajstić information content (AvgIpc) is 2.62. The Labute approximate surface area is 101 Å². The van der Waals surface area contributed by atoms with E-state index in [2.05, 4.69) is 5.10 Å². The summed E-state index contributed by atoms with van der Waals surface area (Å²) in [5.41, 5.74) is 0. The molecule has 0 spiro atoms. The van der Waals surface area contributed by atoms with Crippen LogP contribution in [0.25, 0.3) is 0 Å². The van der Waals surface area contributed by atoms with Crippen molar-refractivity contribution in [2.24, 2.45) is 5.14 Å². The van der Waals surface area contributed by atoms with Gasteiger partial charge in [0, 0.05) is 11.9 Å². The van der Waals surface area contributed by atoms with E-state index in [1.54, 1.807) is 6.92 Å². The number of primary sulfonamides is 1. The van der Waals surface area contributed by atoms with E-state index < -0.39 is 19.9 Å². The first-order chi connectivity index (χ1) is 7.74. The number of sulfonamides is 1. The average molecular weight is 281 g/mol. The van der Waals surface area contributed by atoms with Crippen LogP contribution in [0.5, 0.6) is 0 Å². The topological polar surface area (TPSA) is 112 Å². The molecule has 0 bridgehead atoms. The SMILES string of the molecule is CCCS(=O)(=O)CCn1cc(S(N)(=O)=O)cn1. The minimum Gasteiger partial charge on any atom is -0.270 e. The predicted molar refractivity (Wildman–Crippen MR) is 62.5 cm³/mol. The van der Waals surface area contributed by atoms with Gasteiger partial charge in [0.2, 0.25) is 10.0 Å². The van der Waals surface area contributed by atoms with Crippen LogP contribution >= 0.6 is 0 Å². The number of sulfone groups is 1. The molecule has 0 atom stereocenters. The fourth-order valence-corrected chi connectivity index (χ4v) is 3.01. The molecule has 2 N–H and O–H groups in total. The lowest BCUT2D eigenvalue weighted by atomic mass is 10.6. The third-order valence-electron chi connectivity index (χ3n) is 2.08. The van der Waals surface area contributed by atoms with Crippen LogP contribution < -0.4 is 5.14 Å². The van der Waals surface area contributed by atoms with Gasteiger partial charge in [-0.25, -0.2) is 22.0 Å². The molecule has 0 amide bonds. The maximum atomic E-state index is 11.4. The first kappa shape index (κ1) is 14.1. The van der Waals surface area contributed by atoms with Gasteiger partial charge in [0.15, 0.2) is 9.84 Å². The van der Waals surface area contributed by atoms with Gasteiger partial charge in [0.25, 0.3) is 0 Å². The quantitative estimate of drug-likeness (QED) is 0.745. The highest BCUT2D eigenvalue weighted by molar-refractivity contribution is 7.91. The van der Waals surface area contributed by atoms with Gasteiger partial charge in [-0.15, -0.1) is 0 Å². The van der Waals surface area contributed by atoms with Crippen LogP contribution in [0.4, 0.5) is 0 Å². The summed E-state index contributed by atoms with van der Waals surface area (Å²) in [6.07, 6.45) is 2.88. The minimum absolute atomic E-state index is 0.0629. The molecule has 0 saturated heterocycles. The summed E-state index contributed by atoms with van der Waals surface area (Å²) in [6.45, 7) is 1.91. The zero-order valence-corrected chi connectivity index (χ0v) is 11.0. The van der Waals surface area contributed by atoms with Gasteiger partial charge in [-0.1, -0.05) is 6.92 Å². The van der Waals surface area contributed by atoms with E-state index >= 15 is 0 Å². The number of rotatable bonds is 6. The fraction of sp³-hybridized carbons (Fsp3) is 0.625. The Balaban J connectivity index is 2.69. The first-order valence-corrected chi connectivity index (χ1v) is 8.37. The number of nitrogens with zero attached hydrogens (tertiary/aromatic N) is 2. The third-order valence-corrected chi connectivity index (χ3v) is 4.79. The Hall–Kier alpha value is -0.930. The van der Waals surface area contributed by atoms with Gasteiger partial charge in [-0.2, -0.15) is 5.10 Å². The van der Waals surface area contributed by atoms with Crippen molar-refractivity contribution >= 4 is 19.9 Å². The van der Waals surface area contributed by atoms with Crippen LogP contribution in [-0.2, 0) is 26.4 Å². The lowest BCUT2D eigenvalue weighted by molar-refractivity contribution is 0.579. The van der Waals surface area contributed by atoms with Crippen molar-refractivity contribution in [2.75, 3.05) is 11.5 Å². The van der Waals surface area contributed by atoms with E-state index in [0.29, 0.717) is 6.42 Å². The van der Waals surface area contributed by atoms with E-state index in [-0.39, 0.29) is 22.9 Å². The second-order valence-corrected chi connectivity index (χ2v) is 7.50. The highest BCUT2D eigenvalue weighted by Crippen LogP contribution is 2.04. The Morgan fingerprint density at radius 2 is 1.94 bits per heavy atom. The highest BCUT2D eigenvalue weighted by Gasteiger charge is 2.13. The molecule has 1 heterocycles. The van der Waals surface area contributed by atoms with Crippen LogP contribution in [0, 0.1) is 0 Å². The number of aryl methyl sites for hydroxylation is 1. The molecule has 1 rings (SSSR count). The van der Waals surface area contributed by atoms with Crippen LogP contribution in [0.3, 0.4) is 0 Å². The maximum Gasteiger partial charge on any atom is 0.241 e. The minimum atomic E-state index is -3.78. The highest BCUT2D eigenvalue weighted by atomic mass is 32.2. The standard InChI is InChI=1S/C8H15N3O4S2/c1-2-4-16(12,13)5-3-11-7-8(6-10-11)17(9,14)15/h6-7H,2-5H2,1H3,(H2,9,14,15). The molecule has 9 heteroatoms. The van der Waals surface area contributed by atoms with Gasteiger partial charge in [0.05, 0.1) is 18.5 Å². The van der Waals surface area contributed by atoms with Crippen LogP contribution in [0.2, 0.25) is 0 Å². The number of nitrogens with two attached hydrogens (primary N) is 1. The fourth-order valence-electron chi connectivity index (χ4n) is 1.26. The molecule has 98 valence electrons. The molecule has 0 aliphatic rings. The first-order valence-electron chi connectivity index (χ1n) is 5.00. The monoisotopic (exact) mass is 281 g/mol. The number of hydrogen-bond donors (Lipinski definition) is 1. The largest absolute Gasteiger partial charge is 0.270 e. The Morgan fingerprint density at radius 1 is 1.29 bits per heavy atom. The van der Waals surface area contributed by atoms with Crippen LogP contribution in [-0.4, -0.2) is 38.1 Å². The van der Waals surface area contributed by atoms with E-state index in [1.165, 1.54) is 10.9 Å². The molecule has 0 saturated carbocycles. The Kier molecular flexibility index (Phi) is 4.28. The lowest BCUT2D eigenvalue weighted by Crippen LogP contribution is -2.16. The molecule has 0 aromatic carbocycles. The van der Waals surface area contributed by atoms with Crippen molar-refractivity contribution in [3.8, 4) is 0 Å². The molecule has 7 nitrogen and oxygen atoms in total. The summed E-state index contributed by atoms with van der Waals surface area (Å²) in [4.78, 5) is -0.120. The molecule has 0 aliphatic carbocycles. The van der Waals surface area contributed by atoms with Gasteiger partial charge < -0.3 is 0 Å². The Bertz CT molecular complexity index is 574. The van der Waals surface area contributed by atoms with Gasteiger partial charge in [0.1, 0.15) is 4.90 Å². The summed E-state index contributed by atoms with van der Waals surface area (Å²) in [6, 6.07) is 0. The second kappa shape index (κ2) is 5.15. The van der Waals surface area contributed by atoms with Crippen molar-refractivity contribution in [3.63, 3.8) is 0 Å². The summed E-state index contributed by atoms with van der Waals surface area (Å²) in [5, 5.41) is 8.64. The van der Waals surface area contributed by atoms with Gasteiger partial charge in [-0.3, -0.25) is 4.68 Å². The number of hydrogen-bond acceptors (Lipinski definition) is 5. The zero-order valence-electron chi connectivity index (χ0n) is 9.40.